The van der Waals surface area contributed by atoms with E-state index in [2.05, 4.69) is 5.32 Å². The van der Waals surface area contributed by atoms with Crippen LogP contribution < -0.4 is 14.8 Å². The van der Waals surface area contributed by atoms with Gasteiger partial charge in [-0.25, -0.2) is 18.4 Å². The number of alkyl halides is 2. The van der Waals surface area contributed by atoms with E-state index in [1.165, 1.54) is 39.2 Å². The fourth-order valence-corrected chi connectivity index (χ4v) is 1.96. The topological polar surface area (TPSA) is 83.1 Å². The average molecular weight is 357 g/mol. The summed E-state index contributed by atoms with van der Waals surface area (Å²) in [6.07, 6.45) is -1.48. The fraction of sp³-hybridized carbons (Fsp3) is 0.375. The second-order valence-corrected chi connectivity index (χ2v) is 5.45. The number of rotatable bonds is 6. The Kier molecular flexibility index (Phi) is 5.45. The number of ether oxygens (including phenoxy) is 4. The summed E-state index contributed by atoms with van der Waals surface area (Å²) >= 11 is 0. The molecule has 0 saturated carbocycles. The number of methoxy groups -OCH3 is 1. The zero-order chi connectivity index (χ0) is 18.6. The van der Waals surface area contributed by atoms with Crippen molar-refractivity contribution in [2.24, 2.45) is 0 Å². The summed E-state index contributed by atoms with van der Waals surface area (Å²) in [6.45, 7) is 2.12. The van der Waals surface area contributed by atoms with E-state index in [1.807, 2.05) is 0 Å². The first-order valence-electron chi connectivity index (χ1n) is 7.24. The lowest BCUT2D eigenvalue weighted by atomic mass is 10.2. The lowest BCUT2D eigenvalue weighted by molar-refractivity contribution is -0.222. The molecule has 1 fully saturated rings. The summed E-state index contributed by atoms with van der Waals surface area (Å²) < 4.78 is 44.3. The van der Waals surface area contributed by atoms with E-state index in [4.69, 9.17) is 18.9 Å². The van der Waals surface area contributed by atoms with Gasteiger partial charge < -0.3 is 24.3 Å². The quantitative estimate of drug-likeness (QED) is 0.476. The van der Waals surface area contributed by atoms with E-state index in [-0.39, 0.29) is 17.1 Å². The van der Waals surface area contributed by atoms with E-state index in [9.17, 15) is 18.4 Å². The number of carbonyl (C=O) groups excluding carboxylic acids is 2. The first-order valence-corrected chi connectivity index (χ1v) is 7.24. The first kappa shape index (κ1) is 18.5. The maximum Gasteiger partial charge on any atom is 0.350 e. The highest BCUT2D eigenvalue weighted by Crippen LogP contribution is 2.31. The molecule has 2 rings (SSSR count). The molecule has 1 N–H and O–H groups in total. The van der Waals surface area contributed by atoms with Crippen molar-refractivity contribution in [2.75, 3.05) is 19.0 Å². The van der Waals surface area contributed by atoms with Crippen molar-refractivity contribution < 1.29 is 37.3 Å². The number of anilines is 1. The van der Waals surface area contributed by atoms with Gasteiger partial charge in [0.25, 0.3) is 12.2 Å². The van der Waals surface area contributed by atoms with Crippen LogP contribution in [0.1, 0.15) is 13.8 Å². The molecule has 0 atom stereocenters. The highest BCUT2D eigenvalue weighted by molar-refractivity contribution is 6.15. The van der Waals surface area contributed by atoms with E-state index < -0.39 is 30.8 Å². The van der Waals surface area contributed by atoms with E-state index in [0.717, 1.165) is 6.20 Å². The lowest BCUT2D eigenvalue weighted by Crippen LogP contribution is -2.42. The van der Waals surface area contributed by atoms with Crippen LogP contribution in [0.5, 0.6) is 11.5 Å². The van der Waals surface area contributed by atoms with Gasteiger partial charge >= 0.3 is 11.9 Å². The molecule has 1 saturated heterocycles. The van der Waals surface area contributed by atoms with Gasteiger partial charge in [0.2, 0.25) is 0 Å². The summed E-state index contributed by atoms with van der Waals surface area (Å²) in [4.78, 5) is 23.6. The van der Waals surface area contributed by atoms with Crippen molar-refractivity contribution in [1.29, 1.82) is 0 Å². The maximum atomic E-state index is 12.2. The Labute approximate surface area is 142 Å². The monoisotopic (exact) mass is 357 g/mol. The largest absolute Gasteiger partial charge is 0.493 e. The fourth-order valence-electron chi connectivity index (χ4n) is 1.96. The molecule has 0 aliphatic carbocycles. The van der Waals surface area contributed by atoms with Crippen LogP contribution >= 0.6 is 0 Å². The number of hydrogen-bond acceptors (Lipinski definition) is 7. The molecule has 0 aromatic heterocycles. The molecular weight excluding hydrogens is 340 g/mol. The molecule has 0 unspecified atom stereocenters. The second kappa shape index (κ2) is 7.37. The average Bonchev–Trinajstić information content (AvgIpc) is 2.51. The SMILES string of the molecule is COc1cc(NC=C2C(=O)OC(C)(C)OC2=O)ccc1OCC(F)F. The Morgan fingerprint density at radius 3 is 2.40 bits per heavy atom. The molecule has 0 amide bonds. The van der Waals surface area contributed by atoms with Crippen molar-refractivity contribution in [2.45, 2.75) is 26.1 Å². The zero-order valence-electron chi connectivity index (χ0n) is 13.8. The summed E-state index contributed by atoms with van der Waals surface area (Å²) in [5.74, 6) is -2.62. The molecular formula is C16H17F2NO6. The number of benzene rings is 1. The third kappa shape index (κ3) is 4.82. The second-order valence-electron chi connectivity index (χ2n) is 5.45. The van der Waals surface area contributed by atoms with Gasteiger partial charge in [-0.2, -0.15) is 0 Å². The van der Waals surface area contributed by atoms with E-state index in [0.29, 0.717) is 5.69 Å². The third-order valence-corrected chi connectivity index (χ3v) is 3.03. The van der Waals surface area contributed by atoms with Crippen molar-refractivity contribution in [3.8, 4) is 11.5 Å². The summed E-state index contributed by atoms with van der Waals surface area (Å²) in [6, 6.07) is 4.38. The minimum atomic E-state index is -2.61. The highest BCUT2D eigenvalue weighted by atomic mass is 19.3. The van der Waals surface area contributed by atoms with Gasteiger partial charge in [-0.1, -0.05) is 0 Å². The van der Waals surface area contributed by atoms with Gasteiger partial charge in [0.1, 0.15) is 6.61 Å². The Morgan fingerprint density at radius 1 is 1.20 bits per heavy atom. The summed E-state index contributed by atoms with van der Waals surface area (Å²) in [5, 5.41) is 2.72. The van der Waals surface area contributed by atoms with Crippen LogP contribution in [0.3, 0.4) is 0 Å². The van der Waals surface area contributed by atoms with Crippen molar-refractivity contribution in [3.05, 3.63) is 30.0 Å². The minimum absolute atomic E-state index is 0.138. The molecule has 0 radical (unpaired) electrons. The third-order valence-electron chi connectivity index (χ3n) is 3.03. The molecule has 1 aromatic rings. The van der Waals surface area contributed by atoms with Crippen molar-refractivity contribution in [3.63, 3.8) is 0 Å². The van der Waals surface area contributed by atoms with Gasteiger partial charge in [0.15, 0.2) is 17.1 Å². The van der Waals surface area contributed by atoms with Crippen LogP contribution in [-0.2, 0) is 19.1 Å². The Hall–Kier alpha value is -2.84. The van der Waals surface area contributed by atoms with E-state index >= 15 is 0 Å². The van der Waals surface area contributed by atoms with Gasteiger partial charge in [-0.3, -0.25) is 0 Å². The lowest BCUT2D eigenvalue weighted by Gasteiger charge is -2.29. The van der Waals surface area contributed by atoms with Gasteiger partial charge in [-0.05, 0) is 12.1 Å². The predicted molar refractivity (Wildman–Crippen MR) is 82.5 cm³/mol. The number of esters is 2. The molecule has 7 nitrogen and oxygen atoms in total. The van der Waals surface area contributed by atoms with Gasteiger partial charge in [0.05, 0.1) is 7.11 Å². The number of hydrogen-bond donors (Lipinski definition) is 1. The number of carbonyl (C=O) groups is 2. The van der Waals surface area contributed by atoms with Crippen LogP contribution in [0.2, 0.25) is 0 Å². The maximum absolute atomic E-state index is 12.2. The van der Waals surface area contributed by atoms with Crippen LogP contribution in [-0.4, -0.2) is 37.9 Å². The molecule has 1 aliphatic heterocycles. The van der Waals surface area contributed by atoms with Crippen LogP contribution in [0.25, 0.3) is 0 Å². The molecule has 25 heavy (non-hydrogen) atoms. The molecule has 0 spiro atoms. The van der Waals surface area contributed by atoms with Crippen LogP contribution in [0.4, 0.5) is 14.5 Å². The van der Waals surface area contributed by atoms with Crippen LogP contribution in [0, 0.1) is 0 Å². The predicted octanol–water partition coefficient (Wildman–Crippen LogP) is 2.47. The molecule has 1 aromatic carbocycles. The Morgan fingerprint density at radius 2 is 1.84 bits per heavy atom. The number of halogens is 2. The summed E-state index contributed by atoms with van der Waals surface area (Å²) in [5.41, 5.74) is 0.121. The summed E-state index contributed by atoms with van der Waals surface area (Å²) in [7, 11) is 1.35. The Balaban J connectivity index is 2.12. The first-order chi connectivity index (χ1) is 11.7. The van der Waals surface area contributed by atoms with Crippen molar-refractivity contribution >= 4 is 17.6 Å². The van der Waals surface area contributed by atoms with Gasteiger partial charge in [-0.15, -0.1) is 0 Å². The molecule has 0 bridgehead atoms. The highest BCUT2D eigenvalue weighted by Gasteiger charge is 2.38. The molecule has 1 heterocycles. The molecule has 9 heteroatoms. The smallest absolute Gasteiger partial charge is 0.350 e. The molecule has 136 valence electrons. The Bertz CT molecular complexity index is 680. The van der Waals surface area contributed by atoms with Gasteiger partial charge in [0, 0.05) is 31.8 Å². The molecule has 1 aliphatic rings. The van der Waals surface area contributed by atoms with Crippen molar-refractivity contribution in [1.82, 2.24) is 0 Å². The minimum Gasteiger partial charge on any atom is -0.493 e. The number of nitrogens with one attached hydrogen (secondary N) is 1. The number of cyclic esters (lactones) is 2. The normalized spacial score (nSPS) is 16.2. The van der Waals surface area contributed by atoms with Crippen LogP contribution in [0.15, 0.2) is 30.0 Å². The zero-order valence-corrected chi connectivity index (χ0v) is 13.8. The van der Waals surface area contributed by atoms with E-state index in [1.54, 1.807) is 0 Å². The standard InChI is InChI=1S/C16H17F2NO6/c1-16(2)24-14(20)10(15(21)25-16)7-19-9-4-5-11(12(6-9)22-3)23-8-13(17)18/h4-7,13,19H,8H2,1-3H3.